The van der Waals surface area contributed by atoms with E-state index in [1.165, 1.54) is 4.68 Å². The van der Waals surface area contributed by atoms with E-state index in [1.807, 2.05) is 0 Å². The van der Waals surface area contributed by atoms with Crippen molar-refractivity contribution in [1.29, 1.82) is 0 Å². The molecule has 1 N–H and O–H groups in total. The number of hydrogen-bond acceptors (Lipinski definition) is 2. The Morgan fingerprint density at radius 2 is 2.42 bits per heavy atom. The summed E-state index contributed by atoms with van der Waals surface area (Å²) in [4.78, 5) is 10.6. The molecule has 0 radical (unpaired) electrons. The molecule has 0 aliphatic heterocycles. The van der Waals surface area contributed by atoms with E-state index in [-0.39, 0.29) is 0 Å². The fourth-order valence-electron chi connectivity index (χ4n) is 0.977. The Hall–Kier alpha value is -1.03. The average molecular weight is 189 g/mol. The molecule has 1 aromatic rings. The van der Waals surface area contributed by atoms with E-state index in [0.29, 0.717) is 10.8 Å². The van der Waals surface area contributed by atoms with Gasteiger partial charge in [0.2, 0.25) is 0 Å². The Balaban J connectivity index is 3.02. The summed E-state index contributed by atoms with van der Waals surface area (Å²) in [5.74, 6) is -1.45. The van der Waals surface area contributed by atoms with Gasteiger partial charge in [0.1, 0.15) is 0 Å². The van der Waals surface area contributed by atoms with Gasteiger partial charge < -0.3 is 5.11 Å². The van der Waals surface area contributed by atoms with Gasteiger partial charge in [-0.15, -0.1) is 0 Å². The van der Waals surface area contributed by atoms with E-state index >= 15 is 0 Å². The van der Waals surface area contributed by atoms with E-state index < -0.39 is 11.9 Å². The molecule has 0 spiro atoms. The number of aromatic nitrogens is 2. The molecule has 1 heterocycles. The second-order valence-electron chi connectivity index (χ2n) is 2.58. The van der Waals surface area contributed by atoms with Crippen molar-refractivity contribution in [2.75, 3.05) is 0 Å². The standard InChI is InChI=1S/C7H9ClN2O2/c1-4(7(11)12)5-3-6(8)9-10(5)2/h3-4H,1-2H3,(H,11,12). The van der Waals surface area contributed by atoms with E-state index in [0.717, 1.165) is 0 Å². The van der Waals surface area contributed by atoms with Gasteiger partial charge in [0, 0.05) is 7.05 Å². The normalized spacial score (nSPS) is 12.9. The quantitative estimate of drug-likeness (QED) is 0.760. The van der Waals surface area contributed by atoms with Crippen molar-refractivity contribution in [3.8, 4) is 0 Å². The third-order valence-electron chi connectivity index (χ3n) is 1.70. The minimum atomic E-state index is -0.880. The van der Waals surface area contributed by atoms with Crippen LogP contribution in [0.5, 0.6) is 0 Å². The maximum absolute atomic E-state index is 10.6. The number of halogens is 1. The second kappa shape index (κ2) is 3.15. The maximum atomic E-state index is 10.6. The summed E-state index contributed by atoms with van der Waals surface area (Å²) in [6.07, 6.45) is 0. The molecule has 1 atom stereocenters. The zero-order valence-corrected chi connectivity index (χ0v) is 7.54. The molecule has 12 heavy (non-hydrogen) atoms. The van der Waals surface area contributed by atoms with Gasteiger partial charge in [-0.2, -0.15) is 5.10 Å². The summed E-state index contributed by atoms with van der Waals surface area (Å²) in [5, 5.41) is 12.8. The molecule has 1 rings (SSSR count). The van der Waals surface area contributed by atoms with Crippen LogP contribution < -0.4 is 0 Å². The van der Waals surface area contributed by atoms with Gasteiger partial charge in [-0.05, 0) is 13.0 Å². The van der Waals surface area contributed by atoms with Crippen LogP contribution in [0.15, 0.2) is 6.07 Å². The lowest BCUT2D eigenvalue weighted by molar-refractivity contribution is -0.138. The van der Waals surface area contributed by atoms with Crippen LogP contribution in [0.25, 0.3) is 0 Å². The van der Waals surface area contributed by atoms with Crippen molar-refractivity contribution in [1.82, 2.24) is 9.78 Å². The van der Waals surface area contributed by atoms with Crippen LogP contribution >= 0.6 is 11.6 Å². The van der Waals surface area contributed by atoms with Crippen molar-refractivity contribution < 1.29 is 9.90 Å². The smallest absolute Gasteiger partial charge is 0.312 e. The molecule has 0 aliphatic rings. The predicted molar refractivity (Wildman–Crippen MR) is 44.3 cm³/mol. The number of rotatable bonds is 2. The van der Waals surface area contributed by atoms with Crippen molar-refractivity contribution in [2.45, 2.75) is 12.8 Å². The summed E-state index contributed by atoms with van der Waals surface area (Å²) in [7, 11) is 1.67. The number of aliphatic carboxylic acids is 1. The van der Waals surface area contributed by atoms with Gasteiger partial charge >= 0.3 is 5.97 Å². The molecule has 0 amide bonds. The zero-order chi connectivity index (χ0) is 9.30. The van der Waals surface area contributed by atoms with Crippen molar-refractivity contribution >= 4 is 17.6 Å². The Morgan fingerprint density at radius 1 is 1.83 bits per heavy atom. The zero-order valence-electron chi connectivity index (χ0n) is 6.78. The Morgan fingerprint density at radius 3 is 2.75 bits per heavy atom. The van der Waals surface area contributed by atoms with Gasteiger partial charge in [-0.1, -0.05) is 11.6 Å². The third-order valence-corrected chi connectivity index (χ3v) is 1.88. The monoisotopic (exact) mass is 188 g/mol. The first-order valence-corrected chi connectivity index (χ1v) is 3.82. The van der Waals surface area contributed by atoms with E-state index in [1.54, 1.807) is 20.0 Å². The molecule has 0 saturated carbocycles. The Kier molecular flexibility index (Phi) is 2.38. The van der Waals surface area contributed by atoms with Crippen LogP contribution in [-0.2, 0) is 11.8 Å². The van der Waals surface area contributed by atoms with Crippen LogP contribution in [0.3, 0.4) is 0 Å². The van der Waals surface area contributed by atoms with Crippen molar-refractivity contribution in [3.63, 3.8) is 0 Å². The van der Waals surface area contributed by atoms with Crippen LogP contribution in [0, 0.1) is 0 Å². The molecule has 5 heteroatoms. The van der Waals surface area contributed by atoms with Gasteiger partial charge in [0.05, 0.1) is 11.6 Å². The van der Waals surface area contributed by atoms with E-state index in [9.17, 15) is 4.79 Å². The Bertz CT molecular complexity index is 308. The largest absolute Gasteiger partial charge is 0.481 e. The minimum absolute atomic E-state index is 0.320. The maximum Gasteiger partial charge on any atom is 0.312 e. The predicted octanol–water partition coefficient (Wildman–Crippen LogP) is 1.26. The molecule has 0 saturated heterocycles. The number of carboxylic acids is 1. The highest BCUT2D eigenvalue weighted by molar-refractivity contribution is 6.29. The Labute approximate surface area is 74.8 Å². The molecule has 1 unspecified atom stereocenters. The van der Waals surface area contributed by atoms with Crippen LogP contribution in [0.1, 0.15) is 18.5 Å². The van der Waals surface area contributed by atoms with Gasteiger partial charge in [0.25, 0.3) is 0 Å². The lowest BCUT2D eigenvalue weighted by atomic mass is 10.1. The SMILES string of the molecule is CC(C(=O)O)c1cc(Cl)nn1C. The molecule has 66 valence electrons. The second-order valence-corrected chi connectivity index (χ2v) is 2.96. The third kappa shape index (κ3) is 1.58. The molecule has 0 aliphatic carbocycles. The first-order chi connectivity index (χ1) is 5.52. The molecular formula is C7H9ClN2O2. The summed E-state index contributed by atoms with van der Waals surface area (Å²) in [5.41, 5.74) is 0.604. The highest BCUT2D eigenvalue weighted by Gasteiger charge is 2.17. The molecule has 1 aromatic heterocycles. The van der Waals surface area contributed by atoms with Gasteiger partial charge in [-0.3, -0.25) is 9.48 Å². The highest BCUT2D eigenvalue weighted by atomic mass is 35.5. The summed E-state index contributed by atoms with van der Waals surface area (Å²) in [6, 6.07) is 1.56. The fourth-order valence-corrected chi connectivity index (χ4v) is 1.20. The average Bonchev–Trinajstić information content (AvgIpc) is 2.28. The number of hydrogen-bond donors (Lipinski definition) is 1. The molecule has 0 fully saturated rings. The number of carbonyl (C=O) groups is 1. The summed E-state index contributed by atoms with van der Waals surface area (Å²) < 4.78 is 1.47. The highest BCUT2D eigenvalue weighted by Crippen LogP contribution is 2.18. The lowest BCUT2D eigenvalue weighted by Crippen LogP contribution is -2.11. The van der Waals surface area contributed by atoms with E-state index in [4.69, 9.17) is 16.7 Å². The van der Waals surface area contributed by atoms with Crippen molar-refractivity contribution in [3.05, 3.63) is 16.9 Å². The molecule has 0 aromatic carbocycles. The van der Waals surface area contributed by atoms with Crippen LogP contribution in [-0.4, -0.2) is 20.9 Å². The number of carboxylic acid groups (broad SMARTS) is 1. The summed E-state index contributed by atoms with van der Waals surface area (Å²) >= 11 is 5.59. The molecule has 4 nitrogen and oxygen atoms in total. The minimum Gasteiger partial charge on any atom is -0.481 e. The first kappa shape index (κ1) is 9.06. The summed E-state index contributed by atoms with van der Waals surface area (Å²) in [6.45, 7) is 1.59. The number of nitrogens with zero attached hydrogens (tertiary/aromatic N) is 2. The van der Waals surface area contributed by atoms with E-state index in [2.05, 4.69) is 5.10 Å². The number of aryl methyl sites for hydroxylation is 1. The fraction of sp³-hybridized carbons (Fsp3) is 0.429. The van der Waals surface area contributed by atoms with Crippen LogP contribution in [0.4, 0.5) is 0 Å². The topological polar surface area (TPSA) is 55.1 Å². The first-order valence-electron chi connectivity index (χ1n) is 3.44. The van der Waals surface area contributed by atoms with Crippen molar-refractivity contribution in [2.24, 2.45) is 7.05 Å². The molecular weight excluding hydrogens is 180 g/mol. The molecule has 0 bridgehead atoms. The lowest BCUT2D eigenvalue weighted by Gasteiger charge is -2.04. The van der Waals surface area contributed by atoms with Crippen LogP contribution in [0.2, 0.25) is 5.15 Å². The van der Waals surface area contributed by atoms with Gasteiger partial charge in [0.15, 0.2) is 5.15 Å². The van der Waals surface area contributed by atoms with Gasteiger partial charge in [-0.25, -0.2) is 0 Å².